The monoisotopic (exact) mass is 415 g/mol. The molecule has 0 amide bonds. The summed E-state index contributed by atoms with van der Waals surface area (Å²) in [5.41, 5.74) is 0.842. The molecule has 1 unspecified atom stereocenters. The van der Waals surface area contributed by atoms with Gasteiger partial charge in [-0.1, -0.05) is 28.1 Å². The van der Waals surface area contributed by atoms with Gasteiger partial charge in [0.2, 0.25) is 0 Å². The van der Waals surface area contributed by atoms with Crippen molar-refractivity contribution in [1.29, 1.82) is 0 Å². The quantitative estimate of drug-likeness (QED) is 0.766. The highest BCUT2D eigenvalue weighted by Crippen LogP contribution is 2.38. The molecule has 26 heavy (non-hydrogen) atoms. The van der Waals surface area contributed by atoms with E-state index in [-0.39, 0.29) is 0 Å². The maximum atomic E-state index is 11.8. The van der Waals surface area contributed by atoms with Crippen LogP contribution in [-0.2, 0) is 5.72 Å². The molecule has 0 fully saturated rings. The predicted molar refractivity (Wildman–Crippen MR) is 107 cm³/mol. The summed E-state index contributed by atoms with van der Waals surface area (Å²) in [7, 11) is 1.67. The van der Waals surface area contributed by atoms with Crippen molar-refractivity contribution in [2.75, 3.05) is 25.1 Å². The topological polar surface area (TPSA) is 35.7 Å². The van der Waals surface area contributed by atoms with Crippen LogP contribution in [0.1, 0.15) is 31.2 Å². The van der Waals surface area contributed by atoms with Gasteiger partial charge in [-0.3, -0.25) is 4.58 Å². The summed E-state index contributed by atoms with van der Waals surface area (Å²) < 4.78 is 8.68. The zero-order valence-electron chi connectivity index (χ0n) is 15.0. The van der Waals surface area contributed by atoms with E-state index in [1.54, 1.807) is 7.11 Å². The van der Waals surface area contributed by atoms with Crippen LogP contribution in [0.5, 0.6) is 5.75 Å². The molecule has 0 saturated carbocycles. The second-order valence-corrected chi connectivity index (χ2v) is 7.92. The van der Waals surface area contributed by atoms with Gasteiger partial charge in [-0.05, 0) is 55.7 Å². The van der Waals surface area contributed by atoms with Gasteiger partial charge in [0, 0.05) is 16.5 Å². The summed E-state index contributed by atoms with van der Waals surface area (Å²) in [4.78, 5) is 2.13. The van der Waals surface area contributed by atoms with Crippen LogP contribution in [0.3, 0.4) is 0 Å². The summed E-state index contributed by atoms with van der Waals surface area (Å²) in [5, 5.41) is 11.8. The number of hydrogen-bond acceptors (Lipinski definition) is 3. The first-order chi connectivity index (χ1) is 12.6. The van der Waals surface area contributed by atoms with Gasteiger partial charge in [0.1, 0.15) is 11.4 Å². The van der Waals surface area contributed by atoms with Gasteiger partial charge in [-0.25, -0.2) is 0 Å². The zero-order valence-corrected chi connectivity index (χ0v) is 16.6. The smallest absolute Gasteiger partial charge is 0.275 e. The molecule has 0 saturated heterocycles. The Labute approximate surface area is 162 Å². The van der Waals surface area contributed by atoms with Crippen LogP contribution in [0.4, 0.5) is 5.69 Å². The minimum Gasteiger partial charge on any atom is -0.497 e. The number of anilines is 1. The fourth-order valence-corrected chi connectivity index (χ4v) is 4.32. The highest BCUT2D eigenvalue weighted by molar-refractivity contribution is 9.10. The molecule has 5 heteroatoms. The average Bonchev–Trinajstić information content (AvgIpc) is 2.79. The fraction of sp³-hybridized carbons (Fsp3) is 0.381. The zero-order chi connectivity index (χ0) is 18.1. The Morgan fingerprint density at radius 2 is 1.77 bits per heavy atom. The van der Waals surface area contributed by atoms with Crippen molar-refractivity contribution in [3.63, 3.8) is 0 Å². The van der Waals surface area contributed by atoms with E-state index in [0.29, 0.717) is 6.54 Å². The van der Waals surface area contributed by atoms with Gasteiger partial charge in [0.05, 0.1) is 13.7 Å². The van der Waals surface area contributed by atoms with E-state index < -0.39 is 5.72 Å². The molecular weight excluding hydrogens is 392 g/mol. The van der Waals surface area contributed by atoms with Crippen LogP contribution in [0.15, 0.2) is 53.0 Å². The van der Waals surface area contributed by atoms with Gasteiger partial charge in [0.15, 0.2) is 6.54 Å². The normalized spacial score (nSPS) is 23.0. The molecule has 2 heterocycles. The Bertz CT molecular complexity index is 817. The Morgan fingerprint density at radius 1 is 1.04 bits per heavy atom. The molecule has 4 nitrogen and oxygen atoms in total. The lowest BCUT2D eigenvalue weighted by Gasteiger charge is -2.29. The van der Waals surface area contributed by atoms with E-state index in [1.165, 1.54) is 18.7 Å². The minimum atomic E-state index is -1.07. The van der Waals surface area contributed by atoms with Crippen LogP contribution in [0, 0.1) is 0 Å². The molecule has 0 bridgehead atoms. The van der Waals surface area contributed by atoms with Gasteiger partial charge < -0.3 is 9.84 Å². The van der Waals surface area contributed by atoms with Crippen molar-refractivity contribution < 1.29 is 14.4 Å². The second kappa shape index (κ2) is 7.05. The SMILES string of the molecule is COc1ccc(N2C3=[N+](CCCCC3)CC2(O)c2ccc(Br)cc2)cc1. The molecule has 0 aromatic heterocycles. The Balaban J connectivity index is 1.81. The minimum absolute atomic E-state index is 0.593. The summed E-state index contributed by atoms with van der Waals surface area (Å²) in [6.45, 7) is 1.59. The lowest BCUT2D eigenvalue weighted by molar-refractivity contribution is -0.534. The van der Waals surface area contributed by atoms with Gasteiger partial charge in [0.25, 0.3) is 11.6 Å². The summed E-state index contributed by atoms with van der Waals surface area (Å²) in [5.74, 6) is 2.04. The number of hydrogen-bond donors (Lipinski definition) is 1. The van der Waals surface area contributed by atoms with Crippen molar-refractivity contribution in [3.8, 4) is 5.75 Å². The first-order valence-electron chi connectivity index (χ1n) is 9.15. The van der Waals surface area contributed by atoms with Crippen LogP contribution >= 0.6 is 15.9 Å². The predicted octanol–water partition coefficient (Wildman–Crippen LogP) is 4.11. The average molecular weight is 416 g/mol. The van der Waals surface area contributed by atoms with Crippen LogP contribution in [0.2, 0.25) is 0 Å². The van der Waals surface area contributed by atoms with Crippen molar-refractivity contribution in [2.45, 2.75) is 31.4 Å². The molecule has 4 rings (SSSR count). The largest absolute Gasteiger partial charge is 0.497 e. The van der Waals surface area contributed by atoms with Crippen LogP contribution in [0.25, 0.3) is 0 Å². The van der Waals surface area contributed by atoms with Crippen molar-refractivity contribution in [1.82, 2.24) is 0 Å². The maximum Gasteiger partial charge on any atom is 0.275 e. The number of methoxy groups -OCH3 is 1. The maximum absolute atomic E-state index is 11.8. The van der Waals surface area contributed by atoms with E-state index in [9.17, 15) is 5.11 Å². The fourth-order valence-electron chi connectivity index (χ4n) is 4.05. The standard InChI is InChI=1S/C21H24BrN2O2/c1-26-19-12-10-18(11-13-19)24-20-5-3-2-4-14-23(20)15-21(24,25)16-6-8-17(22)9-7-16/h6-13,25H,2-5,14-15H2,1H3/q+1. The number of benzene rings is 2. The number of nitrogens with zero attached hydrogens (tertiary/aromatic N) is 2. The second-order valence-electron chi connectivity index (χ2n) is 7.01. The molecule has 2 aromatic carbocycles. The van der Waals surface area contributed by atoms with Gasteiger partial charge >= 0.3 is 0 Å². The van der Waals surface area contributed by atoms with Crippen LogP contribution < -0.4 is 9.64 Å². The molecule has 1 atom stereocenters. The molecule has 1 N–H and O–H groups in total. The summed E-state index contributed by atoms with van der Waals surface area (Å²) in [6.07, 6.45) is 4.57. The first kappa shape index (κ1) is 17.6. The molecule has 0 spiro atoms. The number of ether oxygens (including phenoxy) is 1. The first-order valence-corrected chi connectivity index (χ1v) is 9.94. The number of aliphatic hydroxyl groups is 1. The summed E-state index contributed by atoms with van der Waals surface area (Å²) >= 11 is 3.49. The number of amidine groups is 1. The number of rotatable bonds is 3. The lowest BCUT2D eigenvalue weighted by Crippen LogP contribution is -2.47. The van der Waals surface area contributed by atoms with Gasteiger partial charge in [-0.15, -0.1) is 0 Å². The van der Waals surface area contributed by atoms with Crippen molar-refractivity contribution in [3.05, 3.63) is 58.6 Å². The van der Waals surface area contributed by atoms with Crippen molar-refractivity contribution >= 4 is 27.5 Å². The molecule has 0 radical (unpaired) electrons. The van der Waals surface area contributed by atoms with E-state index in [1.807, 2.05) is 48.5 Å². The van der Waals surface area contributed by atoms with E-state index in [2.05, 4.69) is 25.4 Å². The Hall–Kier alpha value is -1.85. The highest BCUT2D eigenvalue weighted by atomic mass is 79.9. The van der Waals surface area contributed by atoms with Crippen LogP contribution in [-0.4, -0.2) is 35.7 Å². The third-order valence-corrected chi connectivity index (χ3v) is 5.90. The molecule has 2 aliphatic rings. The third-order valence-electron chi connectivity index (χ3n) is 5.37. The Kier molecular flexibility index (Phi) is 4.76. The van der Waals surface area contributed by atoms with Crippen molar-refractivity contribution in [2.24, 2.45) is 0 Å². The number of halogens is 1. The molecule has 2 aromatic rings. The molecule has 136 valence electrons. The van der Waals surface area contributed by atoms with E-state index >= 15 is 0 Å². The highest BCUT2D eigenvalue weighted by Gasteiger charge is 2.53. The van der Waals surface area contributed by atoms with E-state index in [0.717, 1.165) is 40.9 Å². The molecule has 0 aliphatic carbocycles. The molecular formula is C21H24BrN2O2+. The lowest BCUT2D eigenvalue weighted by atomic mass is 10.00. The van der Waals surface area contributed by atoms with E-state index in [4.69, 9.17) is 4.74 Å². The summed E-state index contributed by atoms with van der Waals surface area (Å²) in [6, 6.07) is 16.0. The third kappa shape index (κ3) is 3.03. The Morgan fingerprint density at radius 3 is 2.46 bits per heavy atom. The molecule has 2 aliphatic heterocycles. The van der Waals surface area contributed by atoms with Gasteiger partial charge in [-0.2, -0.15) is 4.90 Å².